The fourth-order valence-electron chi connectivity index (χ4n) is 4.41. The van der Waals surface area contributed by atoms with Crippen LogP contribution in [-0.4, -0.2) is 17.4 Å². The largest absolute Gasteiger partial charge is 0.460 e. The molecule has 1 aliphatic rings. The third kappa shape index (κ3) is 4.63. The quantitative estimate of drug-likeness (QED) is 0.373. The highest BCUT2D eigenvalue weighted by molar-refractivity contribution is 8.04. The number of allylic oxidation sites excluding steroid dienone is 2. The molecule has 10 heteroatoms. The molecule has 0 spiro atoms. The molecule has 0 radical (unpaired) electrons. The third-order valence-electron chi connectivity index (χ3n) is 5.80. The first kappa shape index (κ1) is 25.5. The Balaban J connectivity index is 2.15. The van der Waals surface area contributed by atoms with Gasteiger partial charge in [0.25, 0.3) is 0 Å². The molecule has 0 heterocycles. The molecular formula is C23H19F9S. The van der Waals surface area contributed by atoms with E-state index < -0.39 is 62.9 Å². The first-order valence-electron chi connectivity index (χ1n) is 9.76. The van der Waals surface area contributed by atoms with Crippen molar-refractivity contribution in [3.63, 3.8) is 0 Å². The monoisotopic (exact) mass is 498 g/mol. The Kier molecular flexibility index (Phi) is 6.41. The van der Waals surface area contributed by atoms with Crippen LogP contribution in [0.5, 0.6) is 0 Å². The molecule has 1 aliphatic carbocycles. The number of benzene rings is 2. The van der Waals surface area contributed by atoms with Gasteiger partial charge in [-0.05, 0) is 52.8 Å². The summed E-state index contributed by atoms with van der Waals surface area (Å²) in [7, 11) is 0. The van der Waals surface area contributed by atoms with E-state index in [1.54, 1.807) is 0 Å². The van der Waals surface area contributed by atoms with Gasteiger partial charge in [-0.25, -0.2) is 8.78 Å². The van der Waals surface area contributed by atoms with E-state index in [1.165, 1.54) is 50.2 Å². The standard InChI is InChI=1S/C23H19F9S/c1-19(15-7-3-5-9-17(15)24)11-14(33-23(31,32)21(26,27)22(28,29)30)12-20(2,13-19)16-8-4-6-10-18(16)25/h3-11H,12-13H2,1-2H3. The molecule has 2 unspecified atom stereocenters. The van der Waals surface area contributed by atoms with Gasteiger partial charge >= 0.3 is 17.4 Å². The molecule has 33 heavy (non-hydrogen) atoms. The highest BCUT2D eigenvalue weighted by Gasteiger charge is 2.73. The number of rotatable bonds is 5. The van der Waals surface area contributed by atoms with Crippen LogP contribution < -0.4 is 0 Å². The molecule has 0 bridgehead atoms. The zero-order valence-electron chi connectivity index (χ0n) is 17.4. The molecule has 3 rings (SSSR count). The predicted molar refractivity (Wildman–Crippen MR) is 108 cm³/mol. The summed E-state index contributed by atoms with van der Waals surface area (Å²) in [5.41, 5.74) is -2.61. The van der Waals surface area contributed by atoms with Crippen LogP contribution in [-0.2, 0) is 10.8 Å². The molecule has 2 atom stereocenters. The van der Waals surface area contributed by atoms with Crippen molar-refractivity contribution in [1.82, 2.24) is 0 Å². The molecule has 0 amide bonds. The summed E-state index contributed by atoms with van der Waals surface area (Å²) in [6.45, 7) is 2.93. The number of alkyl halides is 7. The van der Waals surface area contributed by atoms with Crippen LogP contribution >= 0.6 is 11.8 Å². The van der Waals surface area contributed by atoms with E-state index in [-0.39, 0.29) is 17.5 Å². The van der Waals surface area contributed by atoms with Crippen LogP contribution in [0, 0.1) is 11.6 Å². The molecule has 2 aromatic carbocycles. The first-order chi connectivity index (χ1) is 15.0. The second kappa shape index (κ2) is 8.29. The van der Waals surface area contributed by atoms with Gasteiger partial charge in [-0.3, -0.25) is 0 Å². The molecule has 0 nitrogen and oxygen atoms in total. The van der Waals surface area contributed by atoms with E-state index in [2.05, 4.69) is 0 Å². The van der Waals surface area contributed by atoms with Crippen molar-refractivity contribution >= 4 is 11.8 Å². The van der Waals surface area contributed by atoms with Gasteiger partial charge in [0.15, 0.2) is 0 Å². The molecular weight excluding hydrogens is 479 g/mol. The van der Waals surface area contributed by atoms with E-state index in [0.717, 1.165) is 18.2 Å². The molecule has 0 fully saturated rings. The van der Waals surface area contributed by atoms with Gasteiger partial charge in [0.1, 0.15) is 11.6 Å². The van der Waals surface area contributed by atoms with Crippen molar-refractivity contribution in [2.24, 2.45) is 0 Å². The van der Waals surface area contributed by atoms with Gasteiger partial charge in [-0.2, -0.15) is 30.7 Å². The Morgan fingerprint density at radius 1 is 0.758 bits per heavy atom. The lowest BCUT2D eigenvalue weighted by atomic mass is 9.62. The number of thioether (sulfide) groups is 1. The Morgan fingerprint density at radius 3 is 1.73 bits per heavy atom. The van der Waals surface area contributed by atoms with Crippen molar-refractivity contribution in [2.45, 2.75) is 54.9 Å². The molecule has 180 valence electrons. The summed E-state index contributed by atoms with van der Waals surface area (Å²) in [6.07, 6.45) is -5.85. The van der Waals surface area contributed by atoms with E-state index in [4.69, 9.17) is 0 Å². The fraction of sp³-hybridized carbons (Fsp3) is 0.391. The predicted octanol–water partition coefficient (Wildman–Crippen LogP) is 8.38. The van der Waals surface area contributed by atoms with Crippen molar-refractivity contribution in [2.75, 3.05) is 0 Å². The van der Waals surface area contributed by atoms with E-state index >= 15 is 0 Å². The van der Waals surface area contributed by atoms with Crippen molar-refractivity contribution in [1.29, 1.82) is 0 Å². The molecule has 0 saturated heterocycles. The summed E-state index contributed by atoms with van der Waals surface area (Å²) < 4.78 is 123. The second-order valence-corrected chi connectivity index (χ2v) is 9.83. The summed E-state index contributed by atoms with van der Waals surface area (Å²) in [6, 6.07) is 10.7. The molecule has 0 N–H and O–H groups in total. The number of hydrogen-bond acceptors (Lipinski definition) is 1. The van der Waals surface area contributed by atoms with Crippen LogP contribution in [0.15, 0.2) is 59.5 Å². The van der Waals surface area contributed by atoms with Crippen molar-refractivity contribution in [3.8, 4) is 0 Å². The normalized spacial score (nSPS) is 24.5. The van der Waals surface area contributed by atoms with Crippen LogP contribution in [0.1, 0.15) is 37.8 Å². The SMILES string of the molecule is CC1(c2ccccc2F)C=C(SC(F)(F)C(F)(F)C(F)(F)F)CC(C)(c2ccccc2F)C1. The van der Waals surface area contributed by atoms with Gasteiger partial charge < -0.3 is 0 Å². The number of hydrogen-bond donors (Lipinski definition) is 0. The highest BCUT2D eigenvalue weighted by atomic mass is 32.2. The lowest BCUT2D eigenvalue weighted by molar-refractivity contribution is -0.330. The number of halogens is 9. The van der Waals surface area contributed by atoms with E-state index in [9.17, 15) is 39.5 Å². The van der Waals surface area contributed by atoms with E-state index in [0.29, 0.717) is 0 Å². The van der Waals surface area contributed by atoms with Gasteiger partial charge in [0.05, 0.1) is 0 Å². The van der Waals surface area contributed by atoms with Crippen molar-refractivity contribution < 1.29 is 39.5 Å². The Bertz CT molecular complexity index is 1060. The molecule has 0 aliphatic heterocycles. The average molecular weight is 498 g/mol. The van der Waals surface area contributed by atoms with Crippen LogP contribution in [0.4, 0.5) is 39.5 Å². The Labute approximate surface area is 188 Å². The minimum atomic E-state index is -6.48. The third-order valence-corrected chi connectivity index (χ3v) is 6.83. The molecule has 0 saturated carbocycles. The van der Waals surface area contributed by atoms with Gasteiger partial charge in [0.2, 0.25) is 0 Å². The lowest BCUT2D eigenvalue weighted by Crippen LogP contribution is -2.50. The molecule has 0 aromatic heterocycles. The lowest BCUT2D eigenvalue weighted by Gasteiger charge is -2.44. The van der Waals surface area contributed by atoms with Gasteiger partial charge in [-0.15, -0.1) is 0 Å². The first-order valence-corrected chi connectivity index (χ1v) is 10.6. The molecule has 2 aromatic rings. The summed E-state index contributed by atoms with van der Waals surface area (Å²) in [4.78, 5) is -0.522. The van der Waals surface area contributed by atoms with Crippen LogP contribution in [0.25, 0.3) is 0 Å². The van der Waals surface area contributed by atoms with E-state index in [1.807, 2.05) is 0 Å². The Morgan fingerprint density at radius 2 is 1.24 bits per heavy atom. The zero-order valence-corrected chi connectivity index (χ0v) is 18.2. The smallest absolute Gasteiger partial charge is 0.207 e. The van der Waals surface area contributed by atoms with Crippen LogP contribution in [0.3, 0.4) is 0 Å². The van der Waals surface area contributed by atoms with Crippen molar-refractivity contribution in [3.05, 3.63) is 82.3 Å². The zero-order chi connectivity index (χ0) is 24.9. The summed E-state index contributed by atoms with van der Waals surface area (Å²) in [5.74, 6) is -7.73. The summed E-state index contributed by atoms with van der Waals surface area (Å²) in [5, 5.41) is -5.54. The van der Waals surface area contributed by atoms with Crippen LogP contribution in [0.2, 0.25) is 0 Å². The maximum absolute atomic E-state index is 14.6. The minimum Gasteiger partial charge on any atom is -0.207 e. The van der Waals surface area contributed by atoms with Gasteiger partial charge in [-0.1, -0.05) is 56.3 Å². The maximum Gasteiger partial charge on any atom is 0.460 e. The fourth-order valence-corrected chi connectivity index (χ4v) is 5.70. The highest BCUT2D eigenvalue weighted by Crippen LogP contribution is 2.58. The Hall–Kier alpha value is -2.10. The maximum atomic E-state index is 14.6. The second-order valence-electron chi connectivity index (χ2n) is 8.59. The minimum absolute atomic E-state index is 0.00678. The summed E-state index contributed by atoms with van der Waals surface area (Å²) >= 11 is -0.925. The topological polar surface area (TPSA) is 0 Å². The average Bonchev–Trinajstić information content (AvgIpc) is 2.66. The van der Waals surface area contributed by atoms with Gasteiger partial charge in [0, 0.05) is 10.8 Å².